The van der Waals surface area contributed by atoms with E-state index in [9.17, 15) is 9.59 Å². The van der Waals surface area contributed by atoms with Crippen LogP contribution in [0.4, 0.5) is 0 Å². The molecular formula is C13H15NO3. The minimum Gasteiger partial charge on any atom is -0.408 e. The molecule has 0 saturated carbocycles. The van der Waals surface area contributed by atoms with Gasteiger partial charge in [0.15, 0.2) is 11.4 Å². The summed E-state index contributed by atoms with van der Waals surface area (Å²) in [6.45, 7) is 4.00. The maximum absolute atomic E-state index is 11.9. The summed E-state index contributed by atoms with van der Waals surface area (Å²) in [5.41, 5.74) is 1.77. The summed E-state index contributed by atoms with van der Waals surface area (Å²) in [5.74, 6) is -0.0113. The Balaban J connectivity index is 2.45. The van der Waals surface area contributed by atoms with Crippen molar-refractivity contribution in [2.45, 2.75) is 20.3 Å². The van der Waals surface area contributed by atoms with E-state index in [1.54, 1.807) is 25.2 Å². The Morgan fingerprint density at radius 2 is 2.12 bits per heavy atom. The quantitative estimate of drug-likeness (QED) is 0.765. The van der Waals surface area contributed by atoms with Crippen LogP contribution >= 0.6 is 0 Å². The van der Waals surface area contributed by atoms with E-state index >= 15 is 0 Å². The Hall–Kier alpha value is -1.84. The summed E-state index contributed by atoms with van der Waals surface area (Å²) in [6, 6.07) is 5.12. The molecule has 0 unspecified atom stereocenters. The van der Waals surface area contributed by atoms with E-state index in [2.05, 4.69) is 0 Å². The molecule has 90 valence electrons. The number of hydrogen-bond donors (Lipinski definition) is 0. The zero-order valence-electron chi connectivity index (χ0n) is 10.2. The highest BCUT2D eigenvalue weighted by Crippen LogP contribution is 2.16. The van der Waals surface area contributed by atoms with Crippen molar-refractivity contribution < 1.29 is 9.21 Å². The zero-order chi connectivity index (χ0) is 12.6. The number of aryl methyl sites for hydroxylation is 1. The van der Waals surface area contributed by atoms with E-state index in [1.807, 2.05) is 13.8 Å². The maximum atomic E-state index is 11.9. The van der Waals surface area contributed by atoms with Crippen molar-refractivity contribution in [1.29, 1.82) is 0 Å². The fourth-order valence-electron chi connectivity index (χ4n) is 1.80. The molecule has 1 aromatic heterocycles. The molecule has 1 aromatic carbocycles. The minimum absolute atomic E-state index is 0.0772. The molecule has 0 radical (unpaired) electrons. The standard InChI is InChI=1S/C13H15NO3/c1-8(2)6-11(15)9-4-5-10-12(7-9)17-13(16)14(10)3/h4-5,7-8H,6H2,1-3H3. The Kier molecular flexibility index (Phi) is 2.88. The number of aromatic nitrogens is 1. The molecule has 0 fully saturated rings. The third-order valence-corrected chi connectivity index (χ3v) is 2.71. The Bertz CT molecular complexity index is 619. The minimum atomic E-state index is -0.409. The van der Waals surface area contributed by atoms with Crippen molar-refractivity contribution >= 4 is 16.9 Å². The number of hydrogen-bond acceptors (Lipinski definition) is 3. The van der Waals surface area contributed by atoms with Gasteiger partial charge in [-0.2, -0.15) is 0 Å². The van der Waals surface area contributed by atoms with Gasteiger partial charge in [0.25, 0.3) is 0 Å². The summed E-state index contributed by atoms with van der Waals surface area (Å²) < 4.78 is 6.47. The van der Waals surface area contributed by atoms with Crippen molar-refractivity contribution in [3.05, 3.63) is 34.3 Å². The fourth-order valence-corrected chi connectivity index (χ4v) is 1.80. The van der Waals surface area contributed by atoms with Crippen molar-refractivity contribution in [3.8, 4) is 0 Å². The van der Waals surface area contributed by atoms with Gasteiger partial charge >= 0.3 is 5.76 Å². The van der Waals surface area contributed by atoms with E-state index in [-0.39, 0.29) is 5.78 Å². The lowest BCUT2D eigenvalue weighted by Gasteiger charge is -2.03. The normalized spacial score (nSPS) is 11.3. The van der Waals surface area contributed by atoms with Gasteiger partial charge in [-0.25, -0.2) is 4.79 Å². The molecule has 4 heteroatoms. The molecule has 0 aliphatic carbocycles. The van der Waals surface area contributed by atoms with E-state index in [0.29, 0.717) is 29.0 Å². The lowest BCUT2D eigenvalue weighted by Crippen LogP contribution is -2.08. The van der Waals surface area contributed by atoms with Gasteiger partial charge in [0.05, 0.1) is 5.52 Å². The largest absolute Gasteiger partial charge is 0.419 e. The van der Waals surface area contributed by atoms with Crippen LogP contribution in [0.3, 0.4) is 0 Å². The van der Waals surface area contributed by atoms with Gasteiger partial charge in [0, 0.05) is 19.0 Å². The number of Topliss-reactive ketones (excluding diaryl/α,β-unsaturated/α-hetero) is 1. The van der Waals surface area contributed by atoms with Crippen molar-refractivity contribution in [3.63, 3.8) is 0 Å². The Morgan fingerprint density at radius 1 is 1.41 bits per heavy atom. The number of benzene rings is 1. The molecule has 0 atom stereocenters. The number of nitrogens with zero attached hydrogens (tertiary/aromatic N) is 1. The first-order valence-corrected chi connectivity index (χ1v) is 5.62. The van der Waals surface area contributed by atoms with Crippen LogP contribution < -0.4 is 5.76 Å². The smallest absolute Gasteiger partial charge is 0.408 e. The number of rotatable bonds is 3. The van der Waals surface area contributed by atoms with Gasteiger partial charge in [0.1, 0.15) is 0 Å². The van der Waals surface area contributed by atoms with Crippen LogP contribution in [-0.4, -0.2) is 10.4 Å². The number of carbonyl (C=O) groups excluding carboxylic acids is 1. The highest BCUT2D eigenvalue weighted by atomic mass is 16.4. The van der Waals surface area contributed by atoms with Crippen molar-refractivity contribution in [2.24, 2.45) is 13.0 Å². The summed E-state index contributed by atoms with van der Waals surface area (Å²) in [6.07, 6.45) is 0.503. The monoisotopic (exact) mass is 233 g/mol. The highest BCUT2D eigenvalue weighted by molar-refractivity contribution is 5.98. The third-order valence-electron chi connectivity index (χ3n) is 2.71. The highest BCUT2D eigenvalue weighted by Gasteiger charge is 2.12. The molecule has 0 saturated heterocycles. The van der Waals surface area contributed by atoms with Crippen LogP contribution in [0.2, 0.25) is 0 Å². The first-order chi connectivity index (χ1) is 7.99. The lowest BCUT2D eigenvalue weighted by molar-refractivity contribution is 0.0968. The van der Waals surface area contributed by atoms with Crippen LogP contribution in [0.1, 0.15) is 30.6 Å². The van der Waals surface area contributed by atoms with E-state index in [0.717, 1.165) is 0 Å². The van der Waals surface area contributed by atoms with Crippen molar-refractivity contribution in [1.82, 2.24) is 4.57 Å². The molecule has 1 heterocycles. The van der Waals surface area contributed by atoms with E-state index in [1.165, 1.54) is 4.57 Å². The number of ketones is 1. The van der Waals surface area contributed by atoms with Crippen LogP contribution in [0.25, 0.3) is 11.1 Å². The first kappa shape index (κ1) is 11.6. The SMILES string of the molecule is CC(C)CC(=O)c1ccc2c(c1)oc(=O)n2C. The topological polar surface area (TPSA) is 52.2 Å². The Labute approximate surface area is 98.8 Å². The molecule has 0 aliphatic rings. The van der Waals surface area contributed by atoms with Crippen LogP contribution in [0, 0.1) is 5.92 Å². The second-order valence-corrected chi connectivity index (χ2v) is 4.63. The van der Waals surface area contributed by atoms with Crippen molar-refractivity contribution in [2.75, 3.05) is 0 Å². The molecule has 2 rings (SSSR count). The van der Waals surface area contributed by atoms with Gasteiger partial charge < -0.3 is 4.42 Å². The molecule has 0 amide bonds. The second-order valence-electron chi connectivity index (χ2n) is 4.63. The molecular weight excluding hydrogens is 218 g/mol. The predicted octanol–water partition coefficient (Wildman–Crippen LogP) is 2.36. The maximum Gasteiger partial charge on any atom is 0.419 e. The van der Waals surface area contributed by atoms with E-state index < -0.39 is 5.76 Å². The molecule has 17 heavy (non-hydrogen) atoms. The first-order valence-electron chi connectivity index (χ1n) is 5.62. The van der Waals surface area contributed by atoms with E-state index in [4.69, 9.17) is 4.42 Å². The average Bonchev–Trinajstić information content (AvgIpc) is 2.53. The zero-order valence-corrected chi connectivity index (χ0v) is 10.2. The second kappa shape index (κ2) is 4.20. The molecule has 0 N–H and O–H groups in total. The summed E-state index contributed by atoms with van der Waals surface area (Å²) in [5, 5.41) is 0. The third kappa shape index (κ3) is 2.16. The molecule has 0 bridgehead atoms. The predicted molar refractivity (Wildman–Crippen MR) is 65.2 cm³/mol. The van der Waals surface area contributed by atoms with Crippen LogP contribution in [0.15, 0.2) is 27.4 Å². The molecule has 0 spiro atoms. The molecule has 2 aromatic rings. The number of carbonyl (C=O) groups is 1. The van der Waals surface area contributed by atoms with Crippen LogP contribution in [-0.2, 0) is 7.05 Å². The van der Waals surface area contributed by atoms with Gasteiger partial charge in [-0.1, -0.05) is 13.8 Å². The summed E-state index contributed by atoms with van der Waals surface area (Å²) in [4.78, 5) is 23.2. The lowest BCUT2D eigenvalue weighted by atomic mass is 10.0. The number of oxazole rings is 1. The van der Waals surface area contributed by atoms with Gasteiger partial charge in [-0.15, -0.1) is 0 Å². The fraction of sp³-hybridized carbons (Fsp3) is 0.385. The number of fused-ring (bicyclic) bond motifs is 1. The van der Waals surface area contributed by atoms with Gasteiger partial charge in [-0.05, 0) is 24.1 Å². The molecule has 0 aliphatic heterocycles. The Morgan fingerprint density at radius 3 is 2.76 bits per heavy atom. The van der Waals surface area contributed by atoms with Gasteiger partial charge in [0.2, 0.25) is 0 Å². The van der Waals surface area contributed by atoms with Gasteiger partial charge in [-0.3, -0.25) is 9.36 Å². The average molecular weight is 233 g/mol. The van der Waals surface area contributed by atoms with Crippen LogP contribution in [0.5, 0.6) is 0 Å². The summed E-state index contributed by atoms with van der Waals surface area (Å²) >= 11 is 0. The summed E-state index contributed by atoms with van der Waals surface area (Å²) in [7, 11) is 1.64. The molecule has 4 nitrogen and oxygen atoms in total.